The molecule has 1 amide bonds. The summed E-state index contributed by atoms with van der Waals surface area (Å²) in [6.07, 6.45) is 4.19. The highest BCUT2D eigenvalue weighted by Crippen LogP contribution is 2.46. The highest BCUT2D eigenvalue weighted by molar-refractivity contribution is 7.99. The van der Waals surface area contributed by atoms with Gasteiger partial charge in [-0.05, 0) is 30.5 Å². The molecule has 2 heterocycles. The monoisotopic (exact) mass is 282 g/mol. The van der Waals surface area contributed by atoms with Crippen molar-refractivity contribution >= 4 is 29.0 Å². The Hall–Kier alpha value is -0.520. The van der Waals surface area contributed by atoms with Gasteiger partial charge in [0.25, 0.3) is 0 Å². The lowest BCUT2D eigenvalue weighted by Gasteiger charge is -2.25. The van der Waals surface area contributed by atoms with Crippen molar-refractivity contribution in [2.75, 3.05) is 12.8 Å². The normalized spacial score (nSPS) is 26.9. The molecule has 2 atom stereocenters. The lowest BCUT2D eigenvalue weighted by Crippen LogP contribution is -2.35. The minimum atomic E-state index is -0.215. The van der Waals surface area contributed by atoms with Crippen LogP contribution in [-0.2, 0) is 4.79 Å². The van der Waals surface area contributed by atoms with Gasteiger partial charge in [0, 0.05) is 16.7 Å². The average molecular weight is 282 g/mol. The van der Waals surface area contributed by atoms with Gasteiger partial charge < -0.3 is 4.90 Å². The molecule has 3 rings (SSSR count). The molecular weight excluding hydrogens is 264 g/mol. The van der Waals surface area contributed by atoms with Gasteiger partial charge in [-0.3, -0.25) is 10.1 Å². The molecule has 2 aliphatic rings. The summed E-state index contributed by atoms with van der Waals surface area (Å²) in [6.45, 7) is 3.01. The van der Waals surface area contributed by atoms with E-state index in [-0.39, 0.29) is 11.7 Å². The topological polar surface area (TPSA) is 32.3 Å². The van der Waals surface area contributed by atoms with Gasteiger partial charge in [0.05, 0.1) is 0 Å². The molecule has 2 unspecified atom stereocenters. The van der Waals surface area contributed by atoms with Gasteiger partial charge in [-0.2, -0.15) is 11.8 Å². The molecule has 18 heavy (non-hydrogen) atoms. The van der Waals surface area contributed by atoms with Crippen LogP contribution in [0.5, 0.6) is 0 Å². The molecule has 0 radical (unpaired) electrons. The Balaban J connectivity index is 1.84. The molecule has 3 nitrogen and oxygen atoms in total. The fourth-order valence-electron chi connectivity index (χ4n) is 2.49. The van der Waals surface area contributed by atoms with Crippen LogP contribution in [-0.4, -0.2) is 34.4 Å². The van der Waals surface area contributed by atoms with Gasteiger partial charge in [-0.15, -0.1) is 11.3 Å². The van der Waals surface area contributed by atoms with Crippen molar-refractivity contribution in [3.8, 4) is 0 Å². The van der Waals surface area contributed by atoms with Crippen LogP contribution < -0.4 is 5.32 Å². The fraction of sp³-hybridized carbons (Fsp3) is 0.615. The number of nitrogens with zero attached hydrogens (tertiary/aromatic N) is 1. The van der Waals surface area contributed by atoms with E-state index >= 15 is 0 Å². The molecule has 1 saturated heterocycles. The van der Waals surface area contributed by atoms with Crippen molar-refractivity contribution in [3.63, 3.8) is 0 Å². The van der Waals surface area contributed by atoms with Gasteiger partial charge in [-0.25, -0.2) is 0 Å². The molecule has 0 bridgehead atoms. The Bertz CT molecular complexity index is 442. The minimum Gasteiger partial charge on any atom is -0.319 e. The van der Waals surface area contributed by atoms with Crippen LogP contribution in [0.25, 0.3) is 0 Å². The van der Waals surface area contributed by atoms with Gasteiger partial charge in [0.2, 0.25) is 5.91 Å². The predicted octanol–water partition coefficient (Wildman–Crippen LogP) is 2.46. The van der Waals surface area contributed by atoms with Crippen LogP contribution in [0.15, 0.2) is 17.5 Å². The zero-order valence-corrected chi connectivity index (χ0v) is 12.3. The lowest BCUT2D eigenvalue weighted by atomic mass is 10.2. The molecule has 2 fully saturated rings. The molecule has 98 valence electrons. The van der Waals surface area contributed by atoms with Crippen molar-refractivity contribution in [1.82, 2.24) is 10.2 Å². The fourth-order valence-corrected chi connectivity index (χ4v) is 3.58. The second-order valence-electron chi connectivity index (χ2n) is 5.15. The number of hydrogen-bond acceptors (Lipinski definition) is 4. The maximum absolute atomic E-state index is 12.5. The van der Waals surface area contributed by atoms with E-state index < -0.39 is 0 Å². The molecule has 1 aromatic heterocycles. The number of carbonyl (C=O) groups excluding carboxylic acids is 1. The smallest absolute Gasteiger partial charge is 0.244 e. The molecule has 1 aromatic rings. The maximum atomic E-state index is 12.5. The number of amides is 1. The number of carbonyl (C=O) groups is 1. The Kier molecular flexibility index (Phi) is 3.16. The maximum Gasteiger partial charge on any atom is 0.244 e. The number of rotatable bonds is 4. The minimum absolute atomic E-state index is 0.0922. The summed E-state index contributed by atoms with van der Waals surface area (Å²) in [5.41, 5.74) is -0.215. The summed E-state index contributed by atoms with van der Waals surface area (Å²) >= 11 is 3.54. The highest BCUT2D eigenvalue weighted by Gasteiger charge is 2.59. The molecular formula is C13H18N2OS2. The number of nitrogens with one attached hydrogen (secondary N) is 1. The van der Waals surface area contributed by atoms with Gasteiger partial charge in [-0.1, -0.05) is 13.0 Å². The zero-order chi connectivity index (χ0) is 12.8. The number of hydrogen-bond donors (Lipinski definition) is 1. The Labute approximate surface area is 116 Å². The summed E-state index contributed by atoms with van der Waals surface area (Å²) < 4.78 is 0. The third-order valence-corrected chi connectivity index (χ3v) is 5.69. The first-order valence-electron chi connectivity index (χ1n) is 6.31. The number of thioether (sulfide) groups is 1. The molecule has 1 spiro atoms. The van der Waals surface area contributed by atoms with Crippen LogP contribution >= 0.6 is 23.1 Å². The van der Waals surface area contributed by atoms with Crippen molar-refractivity contribution in [3.05, 3.63) is 22.4 Å². The largest absolute Gasteiger partial charge is 0.319 e. The lowest BCUT2D eigenvalue weighted by molar-refractivity contribution is -0.130. The Morgan fingerprint density at radius 3 is 3.00 bits per heavy atom. The van der Waals surface area contributed by atoms with E-state index in [1.165, 1.54) is 4.88 Å². The second-order valence-corrected chi connectivity index (χ2v) is 7.40. The van der Waals surface area contributed by atoms with Crippen LogP contribution in [0.3, 0.4) is 0 Å². The quantitative estimate of drug-likeness (QED) is 0.921. The molecule has 1 aliphatic carbocycles. The molecule has 0 aromatic carbocycles. The van der Waals surface area contributed by atoms with Gasteiger partial charge >= 0.3 is 0 Å². The van der Waals surface area contributed by atoms with E-state index in [0.717, 1.165) is 19.4 Å². The van der Waals surface area contributed by atoms with Gasteiger partial charge in [0.15, 0.2) is 0 Å². The molecule has 5 heteroatoms. The third kappa shape index (κ3) is 1.98. The molecule has 1 N–H and O–H groups in total. The van der Waals surface area contributed by atoms with Gasteiger partial charge in [0.1, 0.15) is 11.7 Å². The standard InChI is InChI=1S/C13H18N2OS2/c1-9(17-2)8-15-11(10-4-3-7-18-10)14-13(5-6-13)12(15)16/h3-4,7,9,11,14H,5-6,8H2,1-2H3. The number of thiophene rings is 1. The van der Waals surface area contributed by atoms with Crippen molar-refractivity contribution in [2.45, 2.75) is 36.7 Å². The van der Waals surface area contributed by atoms with Crippen LogP contribution in [0, 0.1) is 0 Å². The van der Waals surface area contributed by atoms with Crippen molar-refractivity contribution in [2.24, 2.45) is 0 Å². The van der Waals surface area contributed by atoms with E-state index in [1.807, 2.05) is 16.7 Å². The highest BCUT2D eigenvalue weighted by atomic mass is 32.2. The van der Waals surface area contributed by atoms with E-state index in [1.54, 1.807) is 11.3 Å². The van der Waals surface area contributed by atoms with E-state index in [0.29, 0.717) is 11.2 Å². The Morgan fingerprint density at radius 1 is 1.67 bits per heavy atom. The second kappa shape index (κ2) is 4.54. The summed E-state index contributed by atoms with van der Waals surface area (Å²) in [5.74, 6) is 0.307. The van der Waals surface area contributed by atoms with Crippen molar-refractivity contribution < 1.29 is 4.79 Å². The third-order valence-electron chi connectivity index (χ3n) is 3.81. The summed E-state index contributed by atoms with van der Waals surface area (Å²) in [4.78, 5) is 15.8. The van der Waals surface area contributed by atoms with Crippen LogP contribution in [0.1, 0.15) is 30.8 Å². The SMILES string of the molecule is CSC(C)CN1C(=O)C2(CC2)NC1c1cccs1. The first-order valence-corrected chi connectivity index (χ1v) is 8.48. The molecule has 1 saturated carbocycles. The summed E-state index contributed by atoms with van der Waals surface area (Å²) in [6, 6.07) is 4.17. The first kappa shape index (κ1) is 12.5. The zero-order valence-electron chi connectivity index (χ0n) is 10.7. The van der Waals surface area contributed by atoms with E-state index in [9.17, 15) is 4.79 Å². The average Bonchev–Trinajstić information content (AvgIpc) is 2.85. The Morgan fingerprint density at radius 2 is 2.44 bits per heavy atom. The first-order chi connectivity index (χ1) is 8.66. The van der Waals surface area contributed by atoms with E-state index in [2.05, 4.69) is 36.0 Å². The van der Waals surface area contributed by atoms with Crippen molar-refractivity contribution in [1.29, 1.82) is 0 Å². The van der Waals surface area contributed by atoms with Crippen LogP contribution in [0.4, 0.5) is 0 Å². The predicted molar refractivity (Wildman–Crippen MR) is 76.9 cm³/mol. The molecule has 1 aliphatic heterocycles. The summed E-state index contributed by atoms with van der Waals surface area (Å²) in [5, 5.41) is 6.11. The van der Waals surface area contributed by atoms with Crippen LogP contribution in [0.2, 0.25) is 0 Å². The van der Waals surface area contributed by atoms with E-state index in [4.69, 9.17) is 0 Å². The summed E-state index contributed by atoms with van der Waals surface area (Å²) in [7, 11) is 0.